The van der Waals surface area contributed by atoms with Gasteiger partial charge in [-0.2, -0.15) is 0 Å². The van der Waals surface area contributed by atoms with Crippen LogP contribution in [-0.4, -0.2) is 11.4 Å². The van der Waals surface area contributed by atoms with E-state index in [4.69, 9.17) is 4.74 Å². The molecule has 0 amide bonds. The van der Waals surface area contributed by atoms with Gasteiger partial charge in [-0.15, -0.1) is 0 Å². The summed E-state index contributed by atoms with van der Waals surface area (Å²) in [7, 11) is 0. The average Bonchev–Trinajstić information content (AvgIpc) is 2.69. The first kappa shape index (κ1) is 13.3. The van der Waals surface area contributed by atoms with E-state index >= 15 is 0 Å². The predicted octanol–water partition coefficient (Wildman–Crippen LogP) is 4.79. The molecule has 0 aromatic heterocycles. The summed E-state index contributed by atoms with van der Waals surface area (Å²) < 4.78 is 6.16. The maximum atomic E-state index is 5.90. The van der Waals surface area contributed by atoms with Gasteiger partial charge >= 0.3 is 0 Å². The minimum Gasteiger partial charge on any atom is -0.357 e. The topological polar surface area (TPSA) is 9.23 Å². The Morgan fingerprint density at radius 1 is 1.24 bits per heavy atom. The molecule has 1 aromatic carbocycles. The van der Waals surface area contributed by atoms with Crippen molar-refractivity contribution < 1.29 is 4.74 Å². The van der Waals surface area contributed by atoms with E-state index in [-0.39, 0.29) is 4.77 Å². The number of thioether (sulfide) groups is 2. The van der Waals surface area contributed by atoms with E-state index in [0.29, 0.717) is 0 Å². The first-order valence-electron chi connectivity index (χ1n) is 6.27. The number of hydrogen-bond acceptors (Lipinski definition) is 3. The lowest BCUT2D eigenvalue weighted by molar-refractivity contribution is 0.151. The summed E-state index contributed by atoms with van der Waals surface area (Å²) in [6.07, 6.45) is 2.26. The number of ether oxygens (including phenoxy) is 1. The Balaban J connectivity index is 1.88. The fraction of sp³-hybridized carbons (Fsp3) is 0.571. The molecule has 1 heterocycles. The molecule has 0 fully saturated rings. The van der Waals surface area contributed by atoms with Crippen molar-refractivity contribution in [1.82, 2.24) is 0 Å². The first-order chi connectivity index (χ1) is 8.19. The fourth-order valence-electron chi connectivity index (χ4n) is 1.66. The Bertz CT molecular complexity index is 376. The van der Waals surface area contributed by atoms with Gasteiger partial charge in [0.25, 0.3) is 0 Å². The van der Waals surface area contributed by atoms with Crippen molar-refractivity contribution in [3.05, 3.63) is 23.8 Å². The average molecular weight is 268 g/mol. The Labute approximate surface area is 113 Å². The molecule has 0 spiro atoms. The lowest BCUT2D eigenvalue weighted by Gasteiger charge is -2.10. The van der Waals surface area contributed by atoms with Crippen LogP contribution in [0.15, 0.2) is 28.0 Å². The summed E-state index contributed by atoms with van der Waals surface area (Å²) in [6, 6.07) is 6.76. The maximum absolute atomic E-state index is 5.90. The van der Waals surface area contributed by atoms with Crippen LogP contribution in [0.3, 0.4) is 0 Å². The lowest BCUT2D eigenvalue weighted by atomic mass is 10.1. The van der Waals surface area contributed by atoms with Gasteiger partial charge in [-0.3, -0.25) is 0 Å². The van der Waals surface area contributed by atoms with Gasteiger partial charge in [0.05, 0.1) is 0 Å². The molecule has 1 nitrogen and oxygen atoms in total. The van der Waals surface area contributed by atoms with E-state index in [1.165, 1.54) is 15.4 Å². The number of aryl methyl sites for hydroxylation is 1. The van der Waals surface area contributed by atoms with Crippen molar-refractivity contribution in [3.63, 3.8) is 0 Å². The summed E-state index contributed by atoms with van der Waals surface area (Å²) in [5.41, 5.74) is 1.42. The lowest BCUT2D eigenvalue weighted by Crippen LogP contribution is -2.04. The van der Waals surface area contributed by atoms with E-state index < -0.39 is 0 Å². The summed E-state index contributed by atoms with van der Waals surface area (Å²) in [6.45, 7) is 7.54. The van der Waals surface area contributed by atoms with Crippen molar-refractivity contribution >= 4 is 23.5 Å². The maximum Gasteiger partial charge on any atom is 0.158 e. The second-order valence-electron chi connectivity index (χ2n) is 4.71. The third kappa shape index (κ3) is 3.67. The molecule has 0 saturated heterocycles. The van der Waals surface area contributed by atoms with Gasteiger partial charge in [-0.1, -0.05) is 50.4 Å². The zero-order chi connectivity index (χ0) is 12.3. The molecule has 2 rings (SSSR count). The molecule has 0 bridgehead atoms. The summed E-state index contributed by atoms with van der Waals surface area (Å²) in [5.74, 6) is 0.723. The van der Waals surface area contributed by atoms with Crippen molar-refractivity contribution in [2.75, 3.05) is 6.61 Å². The highest BCUT2D eigenvalue weighted by Gasteiger charge is 2.23. The summed E-state index contributed by atoms with van der Waals surface area (Å²) in [5, 5.41) is 0. The Morgan fingerprint density at radius 3 is 2.71 bits per heavy atom. The Kier molecular flexibility index (Phi) is 4.83. The monoisotopic (exact) mass is 268 g/mol. The molecule has 17 heavy (non-hydrogen) atoms. The normalized spacial score (nSPS) is 18.7. The number of fused-ring (bicyclic) bond motifs is 1. The molecule has 1 aliphatic rings. The highest BCUT2D eigenvalue weighted by Crippen LogP contribution is 2.48. The van der Waals surface area contributed by atoms with E-state index in [1.807, 2.05) is 23.5 Å². The zero-order valence-electron chi connectivity index (χ0n) is 10.7. The molecule has 1 aromatic rings. The molecule has 0 aliphatic carbocycles. The van der Waals surface area contributed by atoms with Crippen LogP contribution in [0.5, 0.6) is 0 Å². The van der Waals surface area contributed by atoms with Crippen LogP contribution in [0.4, 0.5) is 0 Å². The minimum atomic E-state index is 0.260. The molecule has 0 saturated carbocycles. The third-order valence-electron chi connectivity index (χ3n) is 2.81. The smallest absolute Gasteiger partial charge is 0.158 e. The van der Waals surface area contributed by atoms with Gasteiger partial charge in [0.1, 0.15) is 0 Å². The molecule has 1 unspecified atom stereocenters. The number of benzene rings is 1. The summed E-state index contributed by atoms with van der Waals surface area (Å²) in [4.78, 5) is 2.77. The highest BCUT2D eigenvalue weighted by atomic mass is 32.2. The molecular formula is C14H20OS2. The Hall–Kier alpha value is -0.120. The van der Waals surface area contributed by atoms with E-state index in [9.17, 15) is 0 Å². The van der Waals surface area contributed by atoms with Crippen LogP contribution < -0.4 is 0 Å². The van der Waals surface area contributed by atoms with Gasteiger partial charge in [0, 0.05) is 16.4 Å². The molecule has 0 N–H and O–H groups in total. The Morgan fingerprint density at radius 2 is 2.00 bits per heavy atom. The molecular weight excluding hydrogens is 248 g/mol. The number of hydrogen-bond donors (Lipinski definition) is 0. The van der Waals surface area contributed by atoms with Gasteiger partial charge in [0.15, 0.2) is 4.77 Å². The predicted molar refractivity (Wildman–Crippen MR) is 76.7 cm³/mol. The van der Waals surface area contributed by atoms with E-state index in [0.717, 1.165) is 25.4 Å². The molecule has 1 aliphatic heterocycles. The van der Waals surface area contributed by atoms with Crippen molar-refractivity contribution in [3.8, 4) is 0 Å². The number of rotatable bonds is 5. The second kappa shape index (κ2) is 6.17. The summed E-state index contributed by atoms with van der Waals surface area (Å²) >= 11 is 3.71. The van der Waals surface area contributed by atoms with E-state index in [2.05, 4.69) is 39.0 Å². The van der Waals surface area contributed by atoms with Gasteiger partial charge < -0.3 is 4.74 Å². The molecule has 94 valence electrons. The largest absolute Gasteiger partial charge is 0.357 e. The zero-order valence-corrected chi connectivity index (χ0v) is 12.4. The van der Waals surface area contributed by atoms with E-state index in [1.54, 1.807) is 0 Å². The first-order valence-corrected chi connectivity index (χ1v) is 8.02. The van der Waals surface area contributed by atoms with Gasteiger partial charge in [-0.05, 0) is 36.5 Å². The molecule has 1 atom stereocenters. The molecule has 3 heteroatoms. The molecule has 0 radical (unpaired) electrons. The van der Waals surface area contributed by atoms with Crippen LogP contribution >= 0.6 is 23.5 Å². The van der Waals surface area contributed by atoms with Gasteiger partial charge in [-0.25, -0.2) is 0 Å². The van der Waals surface area contributed by atoms with Crippen LogP contribution in [-0.2, 0) is 11.2 Å². The van der Waals surface area contributed by atoms with Crippen LogP contribution in [0.2, 0.25) is 0 Å². The van der Waals surface area contributed by atoms with Crippen LogP contribution in [0, 0.1) is 5.92 Å². The fourth-order valence-corrected chi connectivity index (χ4v) is 4.23. The standard InChI is InChI=1S/C14H20OS2/c1-4-11-5-6-12-13(9-11)17-14(16-12)15-8-7-10(2)3/h5-6,9-10,14H,4,7-8H2,1-3H3. The van der Waals surface area contributed by atoms with Crippen LogP contribution in [0.1, 0.15) is 32.8 Å². The highest BCUT2D eigenvalue weighted by molar-refractivity contribution is 8.19. The second-order valence-corrected chi connectivity index (χ2v) is 7.22. The van der Waals surface area contributed by atoms with Crippen LogP contribution in [0.25, 0.3) is 0 Å². The van der Waals surface area contributed by atoms with Crippen molar-refractivity contribution in [2.24, 2.45) is 5.92 Å². The SMILES string of the molecule is CCc1ccc2c(c1)SC(OCCC(C)C)S2. The van der Waals surface area contributed by atoms with Crippen molar-refractivity contribution in [1.29, 1.82) is 0 Å². The third-order valence-corrected chi connectivity index (χ3v) is 5.38. The minimum absolute atomic E-state index is 0.260. The van der Waals surface area contributed by atoms with Gasteiger partial charge in [0.2, 0.25) is 0 Å². The quantitative estimate of drug-likeness (QED) is 0.759. The van der Waals surface area contributed by atoms with Crippen molar-refractivity contribution in [2.45, 2.75) is 48.2 Å².